The molecule has 0 aromatic carbocycles. The highest BCUT2D eigenvalue weighted by Crippen LogP contribution is 2.47. The molecule has 0 bridgehead atoms. The highest BCUT2D eigenvalue weighted by molar-refractivity contribution is 5.96. The second-order valence-electron chi connectivity index (χ2n) is 11.5. The van der Waals surface area contributed by atoms with Crippen molar-refractivity contribution in [3.8, 4) is 23.1 Å². The average Bonchev–Trinajstić information content (AvgIpc) is 3.68. The third kappa shape index (κ3) is 7.01. The average molecular weight is 629 g/mol. The Labute approximate surface area is 249 Å². The van der Waals surface area contributed by atoms with Gasteiger partial charge in [-0.25, -0.2) is 23.1 Å². The Morgan fingerprint density at radius 1 is 1.16 bits per heavy atom. The van der Waals surface area contributed by atoms with E-state index in [2.05, 4.69) is 30.6 Å². The van der Waals surface area contributed by atoms with Crippen molar-refractivity contribution >= 4 is 22.5 Å². The maximum Gasteiger partial charge on any atom is 0.418 e. The minimum absolute atomic E-state index is 0.0393. The number of hydrogen-bond donors (Lipinski definition) is 3. The van der Waals surface area contributed by atoms with Gasteiger partial charge in [-0.3, -0.25) is 0 Å². The Morgan fingerprint density at radius 2 is 1.91 bits per heavy atom. The highest BCUT2D eigenvalue weighted by atomic mass is 19.4. The van der Waals surface area contributed by atoms with Gasteiger partial charge in [0.15, 0.2) is 5.82 Å². The maximum atomic E-state index is 16.5. The molecule has 4 N–H and O–H groups in total. The quantitative estimate of drug-likeness (QED) is 0.304. The highest BCUT2D eigenvalue weighted by Gasteiger charge is 2.45. The lowest BCUT2D eigenvalue weighted by Crippen LogP contribution is -2.33. The lowest BCUT2D eigenvalue weighted by molar-refractivity contribution is -0.137. The van der Waals surface area contributed by atoms with Crippen LogP contribution in [0, 0.1) is 18.2 Å². The molecular weight excluding hydrogens is 594 g/mol. The number of nitrogens with one attached hydrogen (secondary N) is 2. The van der Waals surface area contributed by atoms with Crippen molar-refractivity contribution in [1.29, 1.82) is 0 Å². The summed E-state index contributed by atoms with van der Waals surface area (Å²) in [4.78, 5) is 18.3. The number of anilines is 2. The van der Waals surface area contributed by atoms with Crippen LogP contribution in [0.4, 0.5) is 38.0 Å². The molecule has 1 unspecified atom stereocenters. The molecule has 1 fully saturated rings. The van der Waals surface area contributed by atoms with Crippen LogP contribution in [0.3, 0.4) is 0 Å². The number of nitrogens with zero attached hydrogens (tertiary/aromatic N) is 5. The summed E-state index contributed by atoms with van der Waals surface area (Å²) < 4.78 is 96.8. The summed E-state index contributed by atoms with van der Waals surface area (Å²) >= 11 is 0. The van der Waals surface area contributed by atoms with Crippen molar-refractivity contribution in [3.05, 3.63) is 23.1 Å². The SMILES string of the molecule is Cc1nc(N)cc(-c2nc3c4c(nc(OCC5(CN(C)CC(F)F)CC5)nc4c2F)NCCNCCC(C)O3)c1C(F)(F)F. The molecule has 1 atom stereocenters. The number of aromatic nitrogens is 4. The molecule has 0 spiro atoms. The number of aryl methyl sites for hydroxylation is 1. The standard InChI is InChI=1S/C28H34F6N8O2/c1-14-4-7-36-8-9-37-24-19-23(40-26(41-24)43-13-27(5-6-27)12-42(3)11-17(29)30)21(31)22(39-25(19)44-14)16-10-18(35)38-15(2)20(16)28(32,33)34/h10,14,17,36H,4-9,11-13H2,1-3H3,(H2,35,38)(H,37,40,41). The van der Waals surface area contributed by atoms with E-state index in [1.807, 2.05) is 0 Å². The molecule has 1 aliphatic heterocycles. The lowest BCUT2D eigenvalue weighted by atomic mass is 10.0. The number of nitrogen functional groups attached to an aromatic ring is 1. The van der Waals surface area contributed by atoms with Crippen molar-refractivity contribution in [3.63, 3.8) is 0 Å². The Morgan fingerprint density at radius 3 is 2.59 bits per heavy atom. The van der Waals surface area contributed by atoms with E-state index in [4.69, 9.17) is 15.2 Å². The van der Waals surface area contributed by atoms with Gasteiger partial charge in [0.2, 0.25) is 5.88 Å². The van der Waals surface area contributed by atoms with E-state index < -0.39 is 59.0 Å². The fourth-order valence-corrected chi connectivity index (χ4v) is 5.38. The molecule has 240 valence electrons. The summed E-state index contributed by atoms with van der Waals surface area (Å²) in [5.74, 6) is -1.44. The van der Waals surface area contributed by atoms with Crippen molar-refractivity contribution in [2.75, 3.05) is 57.4 Å². The maximum absolute atomic E-state index is 16.5. The van der Waals surface area contributed by atoms with E-state index >= 15 is 4.39 Å². The van der Waals surface area contributed by atoms with Crippen LogP contribution in [-0.2, 0) is 6.18 Å². The van der Waals surface area contributed by atoms with Crippen LogP contribution in [0.15, 0.2) is 6.07 Å². The van der Waals surface area contributed by atoms with Gasteiger partial charge in [0.1, 0.15) is 28.2 Å². The predicted octanol–water partition coefficient (Wildman–Crippen LogP) is 4.66. The first-order valence-electron chi connectivity index (χ1n) is 14.2. The first kappa shape index (κ1) is 31.8. The van der Waals surface area contributed by atoms with Gasteiger partial charge in [-0.2, -0.15) is 23.1 Å². The molecule has 4 heterocycles. The monoisotopic (exact) mass is 628 g/mol. The van der Waals surface area contributed by atoms with Crippen LogP contribution >= 0.6 is 0 Å². The molecule has 1 saturated carbocycles. The molecule has 3 aromatic rings. The van der Waals surface area contributed by atoms with E-state index in [-0.39, 0.29) is 41.0 Å². The Kier molecular flexibility index (Phi) is 8.94. The van der Waals surface area contributed by atoms with Crippen molar-refractivity contribution in [2.24, 2.45) is 5.41 Å². The topological polar surface area (TPSA) is 123 Å². The zero-order chi connectivity index (χ0) is 31.8. The Bertz CT molecular complexity index is 1520. The van der Waals surface area contributed by atoms with Crippen LogP contribution in [-0.4, -0.2) is 83.7 Å². The molecule has 1 aliphatic carbocycles. The van der Waals surface area contributed by atoms with Crippen LogP contribution in [0.25, 0.3) is 22.2 Å². The summed E-state index contributed by atoms with van der Waals surface area (Å²) in [6, 6.07) is 0.685. The molecule has 16 heteroatoms. The number of hydrogen-bond acceptors (Lipinski definition) is 10. The Balaban J connectivity index is 1.64. The number of ether oxygens (including phenoxy) is 2. The van der Waals surface area contributed by atoms with Gasteiger partial charge in [0.05, 0.1) is 30.5 Å². The first-order chi connectivity index (χ1) is 20.8. The molecule has 44 heavy (non-hydrogen) atoms. The summed E-state index contributed by atoms with van der Waals surface area (Å²) in [6.45, 7) is 4.40. The summed E-state index contributed by atoms with van der Waals surface area (Å²) in [5.41, 5.74) is 2.13. The third-order valence-electron chi connectivity index (χ3n) is 7.64. The van der Waals surface area contributed by atoms with Gasteiger partial charge >= 0.3 is 12.2 Å². The smallest absolute Gasteiger partial charge is 0.418 e. The van der Waals surface area contributed by atoms with Crippen LogP contribution < -0.4 is 25.8 Å². The minimum atomic E-state index is -4.90. The number of halogens is 6. The normalized spacial score (nSPS) is 18.6. The van der Waals surface area contributed by atoms with Crippen LogP contribution in [0.2, 0.25) is 0 Å². The van der Waals surface area contributed by atoms with E-state index in [1.165, 1.54) is 4.90 Å². The van der Waals surface area contributed by atoms with Gasteiger partial charge in [-0.1, -0.05) is 0 Å². The van der Waals surface area contributed by atoms with Crippen molar-refractivity contribution in [2.45, 2.75) is 51.8 Å². The molecule has 0 amide bonds. The van der Waals surface area contributed by atoms with Crippen LogP contribution in [0.5, 0.6) is 11.9 Å². The van der Waals surface area contributed by atoms with Gasteiger partial charge in [0, 0.05) is 30.6 Å². The molecule has 3 aromatic heterocycles. The van der Waals surface area contributed by atoms with Gasteiger partial charge in [-0.05, 0) is 52.8 Å². The van der Waals surface area contributed by atoms with E-state index in [0.29, 0.717) is 32.6 Å². The zero-order valence-corrected chi connectivity index (χ0v) is 24.5. The predicted molar refractivity (Wildman–Crippen MR) is 151 cm³/mol. The van der Waals surface area contributed by atoms with Crippen molar-refractivity contribution in [1.82, 2.24) is 30.2 Å². The minimum Gasteiger partial charge on any atom is -0.474 e. The second-order valence-corrected chi connectivity index (χ2v) is 11.5. The lowest BCUT2D eigenvalue weighted by Gasteiger charge is -2.23. The molecule has 10 nitrogen and oxygen atoms in total. The number of alkyl halides is 5. The van der Waals surface area contributed by atoms with Gasteiger partial charge < -0.3 is 30.7 Å². The number of rotatable bonds is 8. The second kappa shape index (κ2) is 12.4. The fraction of sp³-hybridized carbons (Fsp3) is 0.571. The number of nitrogens with two attached hydrogens (primary N) is 1. The van der Waals surface area contributed by atoms with E-state index in [9.17, 15) is 22.0 Å². The van der Waals surface area contributed by atoms with Crippen LogP contribution in [0.1, 0.15) is 37.4 Å². The zero-order valence-electron chi connectivity index (χ0n) is 24.5. The summed E-state index contributed by atoms with van der Waals surface area (Å²) in [6.07, 6.45) is -5.85. The number of pyridine rings is 2. The van der Waals surface area contributed by atoms with Gasteiger partial charge in [-0.15, -0.1) is 0 Å². The molecular formula is C28H34F6N8O2. The Hall–Kier alpha value is -3.66. The molecule has 2 aliphatic rings. The van der Waals surface area contributed by atoms with Crippen molar-refractivity contribution < 1.29 is 35.8 Å². The molecule has 0 radical (unpaired) electrons. The first-order valence-corrected chi connectivity index (χ1v) is 14.2. The summed E-state index contributed by atoms with van der Waals surface area (Å²) in [7, 11) is 1.59. The van der Waals surface area contributed by atoms with Gasteiger partial charge in [0.25, 0.3) is 6.43 Å². The summed E-state index contributed by atoms with van der Waals surface area (Å²) in [5, 5.41) is 6.39. The molecule has 0 saturated heterocycles. The fourth-order valence-electron chi connectivity index (χ4n) is 5.38. The van der Waals surface area contributed by atoms with E-state index in [1.54, 1.807) is 14.0 Å². The van der Waals surface area contributed by atoms with E-state index in [0.717, 1.165) is 25.8 Å². The largest absolute Gasteiger partial charge is 0.474 e. The third-order valence-corrected chi connectivity index (χ3v) is 7.64. The molecule has 5 rings (SSSR count).